The van der Waals surface area contributed by atoms with Crippen LogP contribution in [0, 0.1) is 0 Å². The van der Waals surface area contributed by atoms with Crippen LogP contribution in [0.2, 0.25) is 0 Å². The first-order chi connectivity index (χ1) is 3.95. The zero-order chi connectivity index (χ0) is 7.49. The van der Waals surface area contributed by atoms with E-state index in [9.17, 15) is 17.6 Å². The largest absolute Gasteiger partial charge is 0.412 e. The highest BCUT2D eigenvalue weighted by Gasteiger charge is 2.24. The summed E-state index contributed by atoms with van der Waals surface area (Å²) in [4.78, 5) is 0. The first-order valence-electron chi connectivity index (χ1n) is 1.95. The van der Waals surface area contributed by atoms with Crippen molar-refractivity contribution in [1.29, 1.82) is 0 Å². The van der Waals surface area contributed by atoms with Crippen LogP contribution in [-0.4, -0.2) is 10.6 Å². The molecule has 0 saturated carbocycles. The highest BCUT2D eigenvalue weighted by molar-refractivity contribution is 14.1. The Hall–Kier alpha value is 0.190. The predicted molar refractivity (Wildman–Crippen MR) is 34.1 cm³/mol. The molecule has 0 N–H and O–H groups in total. The quantitative estimate of drug-likeness (QED) is 0.383. The molecule has 5 heteroatoms. The number of alkyl halides is 4. The van der Waals surface area contributed by atoms with Crippen LogP contribution in [0.3, 0.4) is 0 Å². The summed E-state index contributed by atoms with van der Waals surface area (Å²) >= 11 is 1.51. The SMILES string of the molecule is F/C(=C\C(F)(F)F)CI. The minimum atomic E-state index is -4.52. The molecule has 0 bridgehead atoms. The second-order valence-electron chi connectivity index (χ2n) is 1.27. The normalized spacial score (nSPS) is 14.1. The van der Waals surface area contributed by atoms with Crippen molar-refractivity contribution in [2.45, 2.75) is 6.18 Å². The van der Waals surface area contributed by atoms with Crippen molar-refractivity contribution < 1.29 is 17.6 Å². The topological polar surface area (TPSA) is 0 Å². The van der Waals surface area contributed by atoms with Gasteiger partial charge in [-0.1, -0.05) is 22.6 Å². The van der Waals surface area contributed by atoms with Gasteiger partial charge in [-0.3, -0.25) is 0 Å². The van der Waals surface area contributed by atoms with Crippen LogP contribution < -0.4 is 0 Å². The van der Waals surface area contributed by atoms with Crippen LogP contribution in [0.1, 0.15) is 0 Å². The van der Waals surface area contributed by atoms with Crippen molar-refractivity contribution >= 4 is 22.6 Å². The molecule has 0 radical (unpaired) electrons. The molecule has 0 rings (SSSR count). The van der Waals surface area contributed by atoms with Crippen LogP contribution in [0.4, 0.5) is 17.6 Å². The van der Waals surface area contributed by atoms with Crippen LogP contribution >= 0.6 is 22.6 Å². The lowest BCUT2D eigenvalue weighted by atomic mass is 10.5. The van der Waals surface area contributed by atoms with Crippen molar-refractivity contribution in [2.24, 2.45) is 0 Å². The van der Waals surface area contributed by atoms with E-state index < -0.39 is 12.0 Å². The van der Waals surface area contributed by atoms with Crippen molar-refractivity contribution in [3.8, 4) is 0 Å². The molecule has 0 spiro atoms. The molecule has 0 nitrogen and oxygen atoms in total. The summed E-state index contributed by atoms with van der Waals surface area (Å²) in [5, 5.41) is 0. The number of allylic oxidation sites excluding steroid dienone is 2. The van der Waals surface area contributed by atoms with Crippen LogP contribution in [0.25, 0.3) is 0 Å². The van der Waals surface area contributed by atoms with Crippen molar-refractivity contribution in [2.75, 3.05) is 4.43 Å². The molecule has 0 aromatic rings. The smallest absolute Gasteiger partial charge is 0.211 e. The van der Waals surface area contributed by atoms with Crippen molar-refractivity contribution in [1.82, 2.24) is 0 Å². The zero-order valence-corrected chi connectivity index (χ0v) is 6.33. The Balaban J connectivity index is 3.95. The summed E-state index contributed by atoms with van der Waals surface area (Å²) < 4.78 is 45.0. The van der Waals surface area contributed by atoms with Gasteiger partial charge in [-0.25, -0.2) is 4.39 Å². The first-order valence-corrected chi connectivity index (χ1v) is 3.48. The molecule has 0 heterocycles. The fraction of sp³-hybridized carbons (Fsp3) is 0.500. The van der Waals surface area contributed by atoms with Gasteiger partial charge >= 0.3 is 6.18 Å². The van der Waals surface area contributed by atoms with Gasteiger partial charge in [0.15, 0.2) is 0 Å². The molecule has 0 fully saturated rings. The Morgan fingerprint density at radius 3 is 2.00 bits per heavy atom. The average Bonchev–Trinajstić information content (AvgIpc) is 1.62. The molecule has 0 aromatic carbocycles. The third-order valence-corrected chi connectivity index (χ3v) is 1.18. The van der Waals surface area contributed by atoms with Crippen molar-refractivity contribution in [3.05, 3.63) is 11.9 Å². The minimum Gasteiger partial charge on any atom is -0.211 e. The van der Waals surface area contributed by atoms with Gasteiger partial charge in [0.05, 0.1) is 10.5 Å². The van der Waals surface area contributed by atoms with Gasteiger partial charge < -0.3 is 0 Å². The lowest BCUT2D eigenvalue weighted by Crippen LogP contribution is -2.02. The third kappa shape index (κ3) is 6.07. The van der Waals surface area contributed by atoms with Gasteiger partial charge in [0.25, 0.3) is 0 Å². The second kappa shape index (κ2) is 3.38. The van der Waals surface area contributed by atoms with E-state index in [1.807, 2.05) is 0 Å². The number of hydrogen-bond acceptors (Lipinski definition) is 0. The van der Waals surface area contributed by atoms with E-state index in [1.54, 1.807) is 0 Å². The van der Waals surface area contributed by atoms with Gasteiger partial charge in [0, 0.05) is 0 Å². The van der Waals surface area contributed by atoms with Gasteiger partial charge in [-0.2, -0.15) is 13.2 Å². The van der Waals surface area contributed by atoms with E-state index in [-0.39, 0.29) is 10.5 Å². The molecule has 0 aromatic heterocycles. The van der Waals surface area contributed by atoms with E-state index in [0.717, 1.165) is 0 Å². The van der Waals surface area contributed by atoms with E-state index in [1.165, 1.54) is 22.6 Å². The molecular formula is C4H3F4I. The maximum absolute atomic E-state index is 11.8. The lowest BCUT2D eigenvalue weighted by molar-refractivity contribution is -0.0812. The van der Waals surface area contributed by atoms with E-state index >= 15 is 0 Å². The molecule has 9 heavy (non-hydrogen) atoms. The average molecular weight is 254 g/mol. The Morgan fingerprint density at radius 1 is 1.44 bits per heavy atom. The van der Waals surface area contributed by atoms with E-state index in [2.05, 4.69) is 0 Å². The number of rotatable bonds is 1. The summed E-state index contributed by atoms with van der Waals surface area (Å²) in [5.41, 5.74) is 0. The Kier molecular flexibility index (Phi) is 3.45. The third-order valence-electron chi connectivity index (χ3n) is 0.448. The van der Waals surface area contributed by atoms with Crippen molar-refractivity contribution in [3.63, 3.8) is 0 Å². The number of hydrogen-bond donors (Lipinski definition) is 0. The number of halogens is 5. The molecule has 0 aliphatic carbocycles. The van der Waals surface area contributed by atoms with E-state index in [0.29, 0.717) is 0 Å². The summed E-state index contributed by atoms with van der Waals surface area (Å²) in [5.74, 6) is -1.15. The molecule has 0 saturated heterocycles. The van der Waals surface area contributed by atoms with Gasteiger partial charge in [0.2, 0.25) is 0 Å². The summed E-state index contributed by atoms with van der Waals surface area (Å²) in [6, 6.07) is 0. The molecule has 0 aliphatic heterocycles. The Labute approximate surface area is 63.1 Å². The highest BCUT2D eigenvalue weighted by atomic mass is 127. The zero-order valence-electron chi connectivity index (χ0n) is 4.17. The lowest BCUT2D eigenvalue weighted by Gasteiger charge is -1.96. The fourth-order valence-corrected chi connectivity index (χ4v) is 0.436. The molecular weight excluding hydrogens is 251 g/mol. The second-order valence-corrected chi connectivity index (χ2v) is 2.03. The molecule has 0 aliphatic rings. The monoisotopic (exact) mass is 254 g/mol. The Morgan fingerprint density at radius 2 is 1.89 bits per heavy atom. The summed E-state index contributed by atoms with van der Waals surface area (Å²) in [7, 11) is 0. The van der Waals surface area contributed by atoms with Gasteiger partial charge in [0.1, 0.15) is 5.83 Å². The Bertz CT molecular complexity index is 114. The van der Waals surface area contributed by atoms with Gasteiger partial charge in [-0.05, 0) is 0 Å². The molecule has 0 unspecified atom stereocenters. The van der Waals surface area contributed by atoms with Gasteiger partial charge in [-0.15, -0.1) is 0 Å². The van der Waals surface area contributed by atoms with Crippen LogP contribution in [0.5, 0.6) is 0 Å². The first kappa shape index (κ1) is 9.19. The van der Waals surface area contributed by atoms with Crippen LogP contribution in [0.15, 0.2) is 11.9 Å². The predicted octanol–water partition coefficient (Wildman–Crippen LogP) is 2.84. The maximum Gasteiger partial charge on any atom is 0.412 e. The molecule has 0 amide bonds. The van der Waals surface area contributed by atoms with E-state index in [4.69, 9.17) is 0 Å². The van der Waals surface area contributed by atoms with Crippen LogP contribution in [-0.2, 0) is 0 Å². The standard InChI is InChI=1S/C4H3F4I/c5-3(2-9)1-4(6,7)8/h1H,2H2/b3-1-. The molecule has 0 atom stereocenters. The summed E-state index contributed by atoms with van der Waals surface area (Å²) in [6.07, 6.45) is -4.87. The fourth-order valence-electron chi connectivity index (χ4n) is 0.216. The highest BCUT2D eigenvalue weighted by Crippen LogP contribution is 2.19. The summed E-state index contributed by atoms with van der Waals surface area (Å²) in [6.45, 7) is 0. The molecule has 54 valence electrons. The minimum absolute atomic E-state index is 0.239. The maximum atomic E-state index is 11.8.